The first kappa shape index (κ1) is 16.8. The summed E-state index contributed by atoms with van der Waals surface area (Å²) < 4.78 is 4.99. The van der Waals surface area contributed by atoms with Gasteiger partial charge in [-0.05, 0) is 49.9 Å². The molecule has 0 saturated carbocycles. The Hall–Kier alpha value is -2.08. The highest BCUT2D eigenvalue weighted by molar-refractivity contribution is 5.95. The molecule has 0 aromatic heterocycles. The standard InChI is InChI=1S/C18H25N3O3/c22-17(20-8-10-21-9-3-11-24-18(21)23)16-5-2-1-4-15(16)12-14-6-7-19-13-14/h1-2,4-5,14,19H,3,6-13H2,(H,20,22). The van der Waals surface area contributed by atoms with Crippen LogP contribution < -0.4 is 10.6 Å². The third-order valence-electron chi connectivity index (χ3n) is 4.66. The number of benzene rings is 1. The zero-order valence-electron chi connectivity index (χ0n) is 13.9. The van der Waals surface area contributed by atoms with E-state index in [2.05, 4.69) is 10.6 Å². The van der Waals surface area contributed by atoms with Gasteiger partial charge in [0.25, 0.3) is 5.91 Å². The molecule has 1 aromatic carbocycles. The van der Waals surface area contributed by atoms with Gasteiger partial charge in [-0.15, -0.1) is 0 Å². The SMILES string of the molecule is O=C(NCCN1CCCOC1=O)c1ccccc1CC1CCNC1. The molecule has 0 bridgehead atoms. The van der Waals surface area contributed by atoms with Crippen molar-refractivity contribution in [1.29, 1.82) is 0 Å². The molecular weight excluding hydrogens is 306 g/mol. The van der Waals surface area contributed by atoms with Crippen LogP contribution in [0.25, 0.3) is 0 Å². The second-order valence-corrected chi connectivity index (χ2v) is 6.43. The molecule has 0 spiro atoms. The summed E-state index contributed by atoms with van der Waals surface area (Å²) >= 11 is 0. The van der Waals surface area contributed by atoms with Crippen LogP contribution in [-0.2, 0) is 11.2 Å². The summed E-state index contributed by atoms with van der Waals surface area (Å²) in [4.78, 5) is 25.7. The third-order valence-corrected chi connectivity index (χ3v) is 4.66. The molecule has 6 heteroatoms. The number of amides is 2. The van der Waals surface area contributed by atoms with Crippen LogP contribution in [0.5, 0.6) is 0 Å². The predicted octanol–water partition coefficient (Wildman–Crippen LogP) is 1.41. The van der Waals surface area contributed by atoms with Crippen LogP contribution in [0, 0.1) is 5.92 Å². The van der Waals surface area contributed by atoms with E-state index in [0.29, 0.717) is 32.2 Å². The lowest BCUT2D eigenvalue weighted by Gasteiger charge is -2.26. The first-order chi connectivity index (χ1) is 11.7. The molecule has 1 aromatic rings. The van der Waals surface area contributed by atoms with Gasteiger partial charge in [-0.2, -0.15) is 0 Å². The van der Waals surface area contributed by atoms with Gasteiger partial charge in [0.05, 0.1) is 6.61 Å². The molecule has 0 radical (unpaired) electrons. The van der Waals surface area contributed by atoms with Crippen molar-refractivity contribution in [2.45, 2.75) is 19.3 Å². The smallest absolute Gasteiger partial charge is 0.409 e. The maximum Gasteiger partial charge on any atom is 0.409 e. The minimum atomic E-state index is -0.287. The van der Waals surface area contributed by atoms with Gasteiger partial charge in [0.2, 0.25) is 0 Å². The van der Waals surface area contributed by atoms with Crippen molar-refractivity contribution in [3.8, 4) is 0 Å². The van der Waals surface area contributed by atoms with E-state index in [1.807, 2.05) is 24.3 Å². The van der Waals surface area contributed by atoms with Gasteiger partial charge in [0, 0.05) is 25.2 Å². The Morgan fingerprint density at radius 1 is 1.38 bits per heavy atom. The number of rotatable bonds is 6. The molecule has 0 aliphatic carbocycles. The minimum Gasteiger partial charge on any atom is -0.449 e. The quantitative estimate of drug-likeness (QED) is 0.827. The molecule has 2 heterocycles. The maximum atomic E-state index is 12.5. The fraction of sp³-hybridized carbons (Fsp3) is 0.556. The van der Waals surface area contributed by atoms with E-state index in [-0.39, 0.29) is 12.0 Å². The summed E-state index contributed by atoms with van der Waals surface area (Å²) in [5.74, 6) is 0.531. The van der Waals surface area contributed by atoms with Crippen LogP contribution >= 0.6 is 0 Å². The van der Waals surface area contributed by atoms with Crippen LogP contribution in [-0.4, -0.2) is 56.2 Å². The van der Waals surface area contributed by atoms with Crippen LogP contribution in [0.15, 0.2) is 24.3 Å². The molecule has 2 fully saturated rings. The van der Waals surface area contributed by atoms with E-state index in [9.17, 15) is 9.59 Å². The van der Waals surface area contributed by atoms with Crippen molar-refractivity contribution in [3.05, 3.63) is 35.4 Å². The van der Waals surface area contributed by atoms with E-state index >= 15 is 0 Å². The predicted molar refractivity (Wildman–Crippen MR) is 91.0 cm³/mol. The highest BCUT2D eigenvalue weighted by Gasteiger charge is 2.20. The highest BCUT2D eigenvalue weighted by atomic mass is 16.6. The Morgan fingerprint density at radius 3 is 3.04 bits per heavy atom. The van der Waals surface area contributed by atoms with Gasteiger partial charge in [0.1, 0.15) is 0 Å². The normalized spacial score (nSPS) is 20.8. The molecule has 1 unspecified atom stereocenters. The summed E-state index contributed by atoms with van der Waals surface area (Å²) in [6.07, 6.45) is 2.64. The number of carbonyl (C=O) groups is 2. The van der Waals surface area contributed by atoms with Crippen LogP contribution in [0.2, 0.25) is 0 Å². The Bertz CT molecular complexity index is 585. The Labute approximate surface area is 142 Å². The van der Waals surface area contributed by atoms with Gasteiger partial charge in [0.15, 0.2) is 0 Å². The number of ether oxygens (including phenoxy) is 1. The van der Waals surface area contributed by atoms with Crippen LogP contribution in [0.1, 0.15) is 28.8 Å². The molecule has 2 amide bonds. The zero-order valence-corrected chi connectivity index (χ0v) is 13.9. The molecule has 2 N–H and O–H groups in total. The number of cyclic esters (lactones) is 1. The molecule has 6 nitrogen and oxygen atoms in total. The summed E-state index contributed by atoms with van der Waals surface area (Å²) in [7, 11) is 0. The summed E-state index contributed by atoms with van der Waals surface area (Å²) in [6.45, 7) is 4.19. The molecule has 130 valence electrons. The summed E-state index contributed by atoms with van der Waals surface area (Å²) in [5, 5.41) is 6.29. The van der Waals surface area contributed by atoms with Crippen molar-refractivity contribution in [3.63, 3.8) is 0 Å². The van der Waals surface area contributed by atoms with Crippen molar-refractivity contribution in [2.24, 2.45) is 5.92 Å². The highest BCUT2D eigenvalue weighted by Crippen LogP contribution is 2.18. The summed E-state index contributed by atoms with van der Waals surface area (Å²) in [5.41, 5.74) is 1.84. The Kier molecular flexibility index (Phi) is 5.69. The van der Waals surface area contributed by atoms with Crippen molar-refractivity contribution in [1.82, 2.24) is 15.5 Å². The summed E-state index contributed by atoms with van der Waals surface area (Å²) in [6, 6.07) is 7.79. The molecule has 1 atom stereocenters. The Balaban J connectivity index is 1.53. The van der Waals surface area contributed by atoms with E-state index in [4.69, 9.17) is 4.74 Å². The minimum absolute atomic E-state index is 0.0677. The van der Waals surface area contributed by atoms with Gasteiger partial charge in [-0.3, -0.25) is 4.79 Å². The number of hydrogen-bond acceptors (Lipinski definition) is 4. The monoisotopic (exact) mass is 331 g/mol. The average Bonchev–Trinajstić information content (AvgIpc) is 3.10. The van der Waals surface area contributed by atoms with Crippen molar-refractivity contribution < 1.29 is 14.3 Å². The number of nitrogens with one attached hydrogen (secondary N) is 2. The lowest BCUT2D eigenvalue weighted by molar-refractivity contribution is 0.0719. The number of hydrogen-bond donors (Lipinski definition) is 2. The zero-order chi connectivity index (χ0) is 16.8. The lowest BCUT2D eigenvalue weighted by Crippen LogP contribution is -2.42. The van der Waals surface area contributed by atoms with Crippen LogP contribution in [0.3, 0.4) is 0 Å². The Morgan fingerprint density at radius 2 is 2.25 bits per heavy atom. The third kappa shape index (κ3) is 4.26. The number of carbonyl (C=O) groups excluding carboxylic acids is 2. The second kappa shape index (κ2) is 8.15. The van der Waals surface area contributed by atoms with Crippen LogP contribution in [0.4, 0.5) is 4.79 Å². The van der Waals surface area contributed by atoms with Gasteiger partial charge < -0.3 is 20.3 Å². The van der Waals surface area contributed by atoms with Crippen molar-refractivity contribution in [2.75, 3.05) is 39.3 Å². The molecule has 24 heavy (non-hydrogen) atoms. The van der Waals surface area contributed by atoms with Gasteiger partial charge in [-0.25, -0.2) is 4.79 Å². The van der Waals surface area contributed by atoms with Crippen molar-refractivity contribution >= 4 is 12.0 Å². The van der Waals surface area contributed by atoms with E-state index in [1.54, 1.807) is 4.90 Å². The van der Waals surface area contributed by atoms with E-state index in [1.165, 1.54) is 0 Å². The first-order valence-corrected chi connectivity index (χ1v) is 8.72. The lowest BCUT2D eigenvalue weighted by atomic mass is 9.94. The van der Waals surface area contributed by atoms with E-state index in [0.717, 1.165) is 43.5 Å². The van der Waals surface area contributed by atoms with Gasteiger partial charge >= 0.3 is 6.09 Å². The fourth-order valence-electron chi connectivity index (χ4n) is 3.32. The molecular formula is C18H25N3O3. The van der Waals surface area contributed by atoms with E-state index < -0.39 is 0 Å². The first-order valence-electron chi connectivity index (χ1n) is 8.72. The fourth-order valence-corrected chi connectivity index (χ4v) is 3.32. The average molecular weight is 331 g/mol. The topological polar surface area (TPSA) is 70.7 Å². The molecule has 2 saturated heterocycles. The largest absolute Gasteiger partial charge is 0.449 e. The maximum absolute atomic E-state index is 12.5. The number of nitrogens with zero attached hydrogens (tertiary/aromatic N) is 1. The molecule has 2 aliphatic rings. The molecule has 2 aliphatic heterocycles. The second-order valence-electron chi connectivity index (χ2n) is 6.43. The van der Waals surface area contributed by atoms with Gasteiger partial charge in [-0.1, -0.05) is 18.2 Å². The molecule has 3 rings (SSSR count).